The average molecular weight is 246 g/mol. The Balaban J connectivity index is 2.73. The molecular weight excluding hydrogens is 229 g/mol. The molecule has 0 aliphatic heterocycles. The van der Waals surface area contributed by atoms with Gasteiger partial charge in [0, 0.05) is 24.7 Å². The smallest absolute Gasteiger partial charge is 0.194 e. The second-order valence-corrected chi connectivity index (χ2v) is 4.30. The van der Waals surface area contributed by atoms with Crippen LogP contribution in [0.15, 0.2) is 12.1 Å². The SMILES string of the molecule is CC(C)C(CN)NCc1ccc(F)c(F)c1F. The largest absolute Gasteiger partial charge is 0.329 e. The van der Waals surface area contributed by atoms with Gasteiger partial charge in [-0.3, -0.25) is 0 Å². The summed E-state index contributed by atoms with van der Waals surface area (Å²) >= 11 is 0. The number of nitrogens with two attached hydrogens (primary N) is 1. The summed E-state index contributed by atoms with van der Waals surface area (Å²) in [6.45, 7) is 4.49. The van der Waals surface area contributed by atoms with E-state index >= 15 is 0 Å². The van der Waals surface area contributed by atoms with Crippen molar-refractivity contribution in [2.45, 2.75) is 26.4 Å². The Hall–Kier alpha value is -1.07. The summed E-state index contributed by atoms with van der Waals surface area (Å²) in [5.41, 5.74) is 5.64. The quantitative estimate of drug-likeness (QED) is 0.781. The van der Waals surface area contributed by atoms with Gasteiger partial charge in [-0.2, -0.15) is 0 Å². The van der Waals surface area contributed by atoms with Crippen LogP contribution in [0.25, 0.3) is 0 Å². The van der Waals surface area contributed by atoms with Crippen molar-refractivity contribution < 1.29 is 13.2 Å². The van der Waals surface area contributed by atoms with Crippen molar-refractivity contribution >= 4 is 0 Å². The van der Waals surface area contributed by atoms with E-state index in [1.54, 1.807) is 0 Å². The first kappa shape index (κ1) is 14.0. The van der Waals surface area contributed by atoms with Crippen LogP contribution in [0.3, 0.4) is 0 Å². The van der Waals surface area contributed by atoms with Gasteiger partial charge in [-0.1, -0.05) is 19.9 Å². The highest BCUT2D eigenvalue weighted by Crippen LogP contribution is 2.15. The second kappa shape index (κ2) is 6.02. The van der Waals surface area contributed by atoms with Crippen LogP contribution in [0.1, 0.15) is 19.4 Å². The third-order valence-corrected chi connectivity index (χ3v) is 2.73. The molecule has 5 heteroatoms. The van der Waals surface area contributed by atoms with Crippen LogP contribution >= 0.6 is 0 Å². The topological polar surface area (TPSA) is 38.0 Å². The Morgan fingerprint density at radius 2 is 1.82 bits per heavy atom. The zero-order valence-corrected chi connectivity index (χ0v) is 9.93. The molecule has 0 saturated heterocycles. The predicted octanol–water partition coefficient (Wildman–Crippen LogP) is 2.18. The van der Waals surface area contributed by atoms with Crippen molar-refractivity contribution in [1.82, 2.24) is 5.32 Å². The lowest BCUT2D eigenvalue weighted by Crippen LogP contribution is -2.39. The minimum Gasteiger partial charge on any atom is -0.329 e. The Labute approximate surface area is 99.0 Å². The summed E-state index contributed by atoms with van der Waals surface area (Å²) < 4.78 is 39.0. The van der Waals surface area contributed by atoms with E-state index in [2.05, 4.69) is 5.32 Å². The predicted molar refractivity (Wildman–Crippen MR) is 60.8 cm³/mol. The summed E-state index contributed by atoms with van der Waals surface area (Å²) in [7, 11) is 0. The van der Waals surface area contributed by atoms with Crippen molar-refractivity contribution in [3.8, 4) is 0 Å². The molecule has 17 heavy (non-hydrogen) atoms. The van der Waals surface area contributed by atoms with E-state index in [1.165, 1.54) is 6.07 Å². The number of hydrogen-bond donors (Lipinski definition) is 2. The molecule has 0 aliphatic carbocycles. The van der Waals surface area contributed by atoms with Crippen molar-refractivity contribution in [2.24, 2.45) is 11.7 Å². The molecule has 0 bridgehead atoms. The van der Waals surface area contributed by atoms with Crippen molar-refractivity contribution in [3.63, 3.8) is 0 Å². The van der Waals surface area contributed by atoms with E-state index in [-0.39, 0.29) is 24.1 Å². The summed E-state index contributed by atoms with van der Waals surface area (Å²) in [5.74, 6) is -3.46. The highest BCUT2D eigenvalue weighted by molar-refractivity contribution is 5.20. The Morgan fingerprint density at radius 1 is 1.18 bits per heavy atom. The van der Waals surface area contributed by atoms with E-state index in [4.69, 9.17) is 5.73 Å². The van der Waals surface area contributed by atoms with Crippen LogP contribution in [0.5, 0.6) is 0 Å². The van der Waals surface area contributed by atoms with Crippen LogP contribution in [0, 0.1) is 23.4 Å². The van der Waals surface area contributed by atoms with E-state index in [0.717, 1.165) is 6.07 Å². The zero-order chi connectivity index (χ0) is 13.0. The van der Waals surface area contributed by atoms with Gasteiger partial charge >= 0.3 is 0 Å². The molecule has 0 aromatic heterocycles. The molecule has 0 amide bonds. The molecule has 1 unspecified atom stereocenters. The first-order chi connectivity index (χ1) is 7.97. The molecule has 0 radical (unpaired) electrons. The molecule has 0 saturated carbocycles. The second-order valence-electron chi connectivity index (χ2n) is 4.30. The van der Waals surface area contributed by atoms with E-state index in [1.807, 2.05) is 13.8 Å². The molecule has 1 rings (SSSR count). The maximum absolute atomic E-state index is 13.3. The van der Waals surface area contributed by atoms with Gasteiger partial charge in [0.15, 0.2) is 17.5 Å². The van der Waals surface area contributed by atoms with Crippen LogP contribution in [0.2, 0.25) is 0 Å². The van der Waals surface area contributed by atoms with Crippen molar-refractivity contribution in [1.29, 1.82) is 0 Å². The maximum atomic E-state index is 13.3. The van der Waals surface area contributed by atoms with Crippen LogP contribution in [-0.4, -0.2) is 12.6 Å². The molecular formula is C12H17F3N2. The summed E-state index contributed by atoms with van der Waals surface area (Å²) in [5, 5.41) is 3.02. The van der Waals surface area contributed by atoms with Crippen molar-refractivity contribution in [2.75, 3.05) is 6.54 Å². The van der Waals surface area contributed by atoms with E-state index in [0.29, 0.717) is 6.54 Å². The minimum atomic E-state index is -1.43. The summed E-state index contributed by atoms with van der Waals surface area (Å²) in [6, 6.07) is 2.17. The third-order valence-electron chi connectivity index (χ3n) is 2.73. The van der Waals surface area contributed by atoms with E-state index in [9.17, 15) is 13.2 Å². The normalized spacial score (nSPS) is 13.1. The molecule has 0 spiro atoms. The third kappa shape index (κ3) is 3.44. The maximum Gasteiger partial charge on any atom is 0.194 e. The first-order valence-corrected chi connectivity index (χ1v) is 5.53. The van der Waals surface area contributed by atoms with Gasteiger partial charge in [0.05, 0.1) is 0 Å². The molecule has 0 aliphatic rings. The fourth-order valence-corrected chi connectivity index (χ4v) is 1.53. The lowest BCUT2D eigenvalue weighted by atomic mass is 10.0. The lowest BCUT2D eigenvalue weighted by molar-refractivity contribution is 0.393. The zero-order valence-electron chi connectivity index (χ0n) is 9.93. The monoisotopic (exact) mass is 246 g/mol. The Kier molecular flexibility index (Phi) is 4.96. The Morgan fingerprint density at radius 3 is 2.35 bits per heavy atom. The van der Waals surface area contributed by atoms with Gasteiger partial charge in [-0.25, -0.2) is 13.2 Å². The van der Waals surface area contributed by atoms with Gasteiger partial charge in [0.2, 0.25) is 0 Å². The molecule has 1 aromatic rings. The standard InChI is InChI=1S/C12H17F3N2/c1-7(2)10(5-16)17-6-8-3-4-9(13)12(15)11(8)14/h3-4,7,10,17H,5-6,16H2,1-2H3. The summed E-state index contributed by atoms with van der Waals surface area (Å²) in [6.07, 6.45) is 0. The van der Waals surface area contributed by atoms with Crippen LogP contribution < -0.4 is 11.1 Å². The summed E-state index contributed by atoms with van der Waals surface area (Å²) in [4.78, 5) is 0. The molecule has 96 valence electrons. The number of hydrogen-bond acceptors (Lipinski definition) is 2. The molecule has 1 aromatic carbocycles. The highest BCUT2D eigenvalue weighted by Gasteiger charge is 2.15. The number of rotatable bonds is 5. The highest BCUT2D eigenvalue weighted by atomic mass is 19.2. The average Bonchev–Trinajstić information content (AvgIpc) is 2.29. The molecule has 3 N–H and O–H groups in total. The van der Waals surface area contributed by atoms with Gasteiger partial charge in [0.1, 0.15) is 0 Å². The van der Waals surface area contributed by atoms with Crippen LogP contribution in [0.4, 0.5) is 13.2 Å². The molecule has 1 atom stereocenters. The van der Waals surface area contributed by atoms with Crippen molar-refractivity contribution in [3.05, 3.63) is 35.1 Å². The number of benzene rings is 1. The van der Waals surface area contributed by atoms with Gasteiger partial charge < -0.3 is 11.1 Å². The number of nitrogens with one attached hydrogen (secondary N) is 1. The van der Waals surface area contributed by atoms with E-state index < -0.39 is 17.5 Å². The fraction of sp³-hybridized carbons (Fsp3) is 0.500. The number of halogens is 3. The molecule has 0 fully saturated rings. The molecule has 2 nitrogen and oxygen atoms in total. The lowest BCUT2D eigenvalue weighted by Gasteiger charge is -2.20. The Bertz CT molecular complexity index is 380. The van der Waals surface area contributed by atoms with Gasteiger partial charge in [-0.15, -0.1) is 0 Å². The fourth-order valence-electron chi connectivity index (χ4n) is 1.53. The van der Waals surface area contributed by atoms with Gasteiger partial charge in [0.25, 0.3) is 0 Å². The van der Waals surface area contributed by atoms with Crippen LogP contribution in [-0.2, 0) is 6.54 Å². The molecule has 0 heterocycles. The minimum absolute atomic E-state index is 0.0162. The first-order valence-electron chi connectivity index (χ1n) is 5.53. The van der Waals surface area contributed by atoms with Gasteiger partial charge in [-0.05, 0) is 12.0 Å².